The summed E-state index contributed by atoms with van der Waals surface area (Å²) >= 11 is 0. The van der Waals surface area contributed by atoms with E-state index < -0.39 is 15.9 Å². The number of carbonyl (C=O) groups is 1. The van der Waals surface area contributed by atoms with Crippen LogP contribution in [-0.2, 0) is 14.8 Å². The summed E-state index contributed by atoms with van der Waals surface area (Å²) in [6.45, 7) is 5.39. The molecule has 0 spiro atoms. The Labute approximate surface area is 149 Å². The molecule has 1 fully saturated rings. The van der Waals surface area contributed by atoms with E-state index in [1.165, 1.54) is 0 Å². The van der Waals surface area contributed by atoms with Crippen molar-refractivity contribution in [2.24, 2.45) is 5.10 Å². The van der Waals surface area contributed by atoms with Gasteiger partial charge in [0.15, 0.2) is 0 Å². The molecule has 1 aliphatic heterocycles. The zero-order chi connectivity index (χ0) is 18.6. The lowest BCUT2D eigenvalue weighted by molar-refractivity contribution is -0.119. The molecule has 25 heavy (non-hydrogen) atoms. The van der Waals surface area contributed by atoms with E-state index in [4.69, 9.17) is 0 Å². The Morgan fingerprint density at radius 2 is 1.88 bits per heavy atom. The third kappa shape index (κ3) is 5.54. The molecule has 1 heterocycles. The normalized spacial score (nSPS) is 15.8. The van der Waals surface area contributed by atoms with E-state index in [1.54, 1.807) is 12.1 Å². The number of carbonyl (C=O) groups excluding carboxylic acids is 1. The molecule has 0 atom stereocenters. The number of benzene rings is 1. The predicted molar refractivity (Wildman–Crippen MR) is 100 cm³/mol. The van der Waals surface area contributed by atoms with Gasteiger partial charge in [-0.1, -0.05) is 6.07 Å². The minimum Gasteiger partial charge on any atom is -0.306 e. The van der Waals surface area contributed by atoms with E-state index in [0.29, 0.717) is 5.69 Å². The standard InChI is InChI=1S/C17H26N4O3S/c1-13-5-6-16(11-14(13)2)21(25(4,23)24)12-17(22)19-18-15-7-9-20(3)10-8-15/h5-6,11H,7-10,12H2,1-4H3,(H,19,22). The molecule has 1 saturated heterocycles. The van der Waals surface area contributed by atoms with Gasteiger partial charge in [0, 0.05) is 31.6 Å². The minimum atomic E-state index is -3.58. The Balaban J connectivity index is 2.08. The highest BCUT2D eigenvalue weighted by Gasteiger charge is 2.21. The van der Waals surface area contributed by atoms with Crippen molar-refractivity contribution >= 4 is 27.3 Å². The van der Waals surface area contributed by atoms with Crippen LogP contribution in [-0.4, -0.2) is 57.9 Å². The van der Waals surface area contributed by atoms with Crippen LogP contribution in [0.5, 0.6) is 0 Å². The Kier molecular flexibility index (Phi) is 6.18. The van der Waals surface area contributed by atoms with Gasteiger partial charge in [0.1, 0.15) is 6.54 Å². The first-order chi connectivity index (χ1) is 11.7. The van der Waals surface area contributed by atoms with Gasteiger partial charge in [-0.3, -0.25) is 9.10 Å². The van der Waals surface area contributed by atoms with E-state index in [9.17, 15) is 13.2 Å². The number of anilines is 1. The molecule has 1 aromatic carbocycles. The molecule has 0 saturated carbocycles. The Morgan fingerprint density at radius 3 is 2.44 bits per heavy atom. The largest absolute Gasteiger partial charge is 0.306 e. The average molecular weight is 366 g/mol. The molecule has 0 aliphatic carbocycles. The zero-order valence-corrected chi connectivity index (χ0v) is 16.1. The van der Waals surface area contributed by atoms with Crippen molar-refractivity contribution in [3.63, 3.8) is 0 Å². The summed E-state index contributed by atoms with van der Waals surface area (Å²) in [6, 6.07) is 5.32. The number of nitrogens with one attached hydrogen (secondary N) is 1. The molecule has 0 unspecified atom stereocenters. The van der Waals surface area contributed by atoms with E-state index in [2.05, 4.69) is 15.4 Å². The third-order valence-corrected chi connectivity index (χ3v) is 5.51. The number of sulfonamides is 1. The summed E-state index contributed by atoms with van der Waals surface area (Å²) in [5, 5.41) is 4.15. The Bertz CT molecular complexity index is 764. The first kappa shape index (κ1) is 19.4. The molecule has 1 aliphatic rings. The number of hydrogen-bond acceptors (Lipinski definition) is 5. The second-order valence-corrected chi connectivity index (χ2v) is 8.46. The van der Waals surface area contributed by atoms with Crippen molar-refractivity contribution in [3.05, 3.63) is 29.3 Å². The molecule has 0 radical (unpaired) electrons. The summed E-state index contributed by atoms with van der Waals surface area (Å²) in [6.07, 6.45) is 2.71. The molecule has 1 amide bonds. The summed E-state index contributed by atoms with van der Waals surface area (Å²) in [7, 11) is -1.53. The SMILES string of the molecule is Cc1ccc(N(CC(=O)NN=C2CCN(C)CC2)S(C)(=O)=O)cc1C. The lowest BCUT2D eigenvalue weighted by Gasteiger charge is -2.24. The van der Waals surface area contributed by atoms with E-state index >= 15 is 0 Å². The van der Waals surface area contributed by atoms with Gasteiger partial charge >= 0.3 is 0 Å². The highest BCUT2D eigenvalue weighted by molar-refractivity contribution is 7.92. The summed E-state index contributed by atoms with van der Waals surface area (Å²) < 4.78 is 25.3. The number of aryl methyl sites for hydroxylation is 2. The van der Waals surface area contributed by atoms with Crippen LogP contribution in [0.1, 0.15) is 24.0 Å². The number of piperidine rings is 1. The lowest BCUT2D eigenvalue weighted by atomic mass is 10.1. The molecular weight excluding hydrogens is 340 g/mol. The van der Waals surface area contributed by atoms with Gasteiger partial charge in [-0.15, -0.1) is 0 Å². The van der Waals surface area contributed by atoms with Gasteiger partial charge in [-0.05, 0) is 44.2 Å². The fourth-order valence-corrected chi connectivity index (χ4v) is 3.42. The van der Waals surface area contributed by atoms with Crippen LogP contribution >= 0.6 is 0 Å². The Hall–Kier alpha value is -1.93. The van der Waals surface area contributed by atoms with Crippen molar-refractivity contribution < 1.29 is 13.2 Å². The van der Waals surface area contributed by atoms with Crippen LogP contribution in [0, 0.1) is 13.8 Å². The van der Waals surface area contributed by atoms with Crippen molar-refractivity contribution in [2.45, 2.75) is 26.7 Å². The second-order valence-electron chi connectivity index (χ2n) is 6.55. The zero-order valence-electron chi connectivity index (χ0n) is 15.2. The highest BCUT2D eigenvalue weighted by atomic mass is 32.2. The molecule has 1 aromatic rings. The van der Waals surface area contributed by atoms with Crippen LogP contribution < -0.4 is 9.73 Å². The Morgan fingerprint density at radius 1 is 1.24 bits per heavy atom. The van der Waals surface area contributed by atoms with Gasteiger partial charge in [0.2, 0.25) is 10.0 Å². The highest BCUT2D eigenvalue weighted by Crippen LogP contribution is 2.21. The first-order valence-electron chi connectivity index (χ1n) is 8.24. The van der Waals surface area contributed by atoms with Crippen molar-refractivity contribution in [1.29, 1.82) is 0 Å². The number of rotatable bonds is 5. The summed E-state index contributed by atoms with van der Waals surface area (Å²) in [4.78, 5) is 14.4. The number of hydrazone groups is 1. The second kappa shape index (κ2) is 7.97. The number of amides is 1. The molecule has 138 valence electrons. The molecule has 0 bridgehead atoms. The van der Waals surface area contributed by atoms with Crippen LogP contribution in [0.4, 0.5) is 5.69 Å². The maximum atomic E-state index is 12.2. The smallest absolute Gasteiger partial charge is 0.260 e. The first-order valence-corrected chi connectivity index (χ1v) is 10.1. The molecule has 2 rings (SSSR count). The van der Waals surface area contributed by atoms with Gasteiger partial charge in [0.25, 0.3) is 5.91 Å². The van der Waals surface area contributed by atoms with Crippen molar-refractivity contribution in [2.75, 3.05) is 37.2 Å². The summed E-state index contributed by atoms with van der Waals surface area (Å²) in [5.74, 6) is -0.449. The molecule has 7 nitrogen and oxygen atoms in total. The summed E-state index contributed by atoms with van der Waals surface area (Å²) in [5.41, 5.74) is 5.94. The fraction of sp³-hybridized carbons (Fsp3) is 0.529. The van der Waals surface area contributed by atoms with Crippen molar-refractivity contribution in [1.82, 2.24) is 10.3 Å². The van der Waals surface area contributed by atoms with Gasteiger partial charge in [-0.25, -0.2) is 13.8 Å². The number of likely N-dealkylation sites (tertiary alicyclic amines) is 1. The van der Waals surface area contributed by atoms with E-state index in [1.807, 2.05) is 27.0 Å². The average Bonchev–Trinajstić information content (AvgIpc) is 2.54. The van der Waals surface area contributed by atoms with Crippen LogP contribution in [0.25, 0.3) is 0 Å². The maximum absolute atomic E-state index is 12.2. The lowest BCUT2D eigenvalue weighted by Crippen LogP contribution is -2.39. The van der Waals surface area contributed by atoms with Gasteiger partial charge < -0.3 is 4.90 Å². The predicted octanol–water partition coefficient (Wildman–Crippen LogP) is 1.27. The number of nitrogens with zero attached hydrogens (tertiary/aromatic N) is 3. The van der Waals surface area contributed by atoms with Crippen LogP contribution in [0.2, 0.25) is 0 Å². The van der Waals surface area contributed by atoms with Crippen molar-refractivity contribution in [3.8, 4) is 0 Å². The molecular formula is C17H26N4O3S. The minimum absolute atomic E-state index is 0.294. The molecule has 8 heteroatoms. The maximum Gasteiger partial charge on any atom is 0.260 e. The topological polar surface area (TPSA) is 82.1 Å². The molecule has 0 aromatic heterocycles. The van der Waals surface area contributed by atoms with Crippen LogP contribution in [0.3, 0.4) is 0 Å². The quantitative estimate of drug-likeness (QED) is 0.796. The van der Waals surface area contributed by atoms with Gasteiger partial charge in [0.05, 0.1) is 11.9 Å². The van der Waals surface area contributed by atoms with Crippen LogP contribution in [0.15, 0.2) is 23.3 Å². The molecule has 1 N–H and O–H groups in total. The number of hydrogen-bond donors (Lipinski definition) is 1. The monoisotopic (exact) mass is 366 g/mol. The van der Waals surface area contributed by atoms with Gasteiger partial charge in [-0.2, -0.15) is 5.10 Å². The third-order valence-electron chi connectivity index (χ3n) is 4.37. The van der Waals surface area contributed by atoms with E-state index in [-0.39, 0.29) is 6.54 Å². The fourth-order valence-electron chi connectivity index (χ4n) is 2.58. The van der Waals surface area contributed by atoms with E-state index in [0.717, 1.165) is 53.3 Å².